The van der Waals surface area contributed by atoms with Crippen molar-refractivity contribution in [2.75, 3.05) is 19.6 Å². The van der Waals surface area contributed by atoms with Gasteiger partial charge in [-0.25, -0.2) is 9.97 Å². The molecule has 7 nitrogen and oxygen atoms in total. The molecule has 2 saturated heterocycles. The van der Waals surface area contributed by atoms with Gasteiger partial charge >= 0.3 is 5.97 Å². The molecule has 7 heteroatoms. The van der Waals surface area contributed by atoms with Gasteiger partial charge in [-0.2, -0.15) is 0 Å². The summed E-state index contributed by atoms with van der Waals surface area (Å²) in [5, 5.41) is 12.3. The number of rotatable bonds is 4. The van der Waals surface area contributed by atoms with Gasteiger partial charge < -0.3 is 10.4 Å². The zero-order valence-corrected chi connectivity index (χ0v) is 14.5. The van der Waals surface area contributed by atoms with Crippen molar-refractivity contribution in [3.63, 3.8) is 0 Å². The summed E-state index contributed by atoms with van der Waals surface area (Å²) in [5.41, 5.74) is 2.01. The second-order valence-electron chi connectivity index (χ2n) is 7.19. The summed E-state index contributed by atoms with van der Waals surface area (Å²) in [5.74, 6) is -0.903. The average molecular weight is 352 g/mol. The van der Waals surface area contributed by atoms with Crippen LogP contribution in [0.4, 0.5) is 0 Å². The third-order valence-electron chi connectivity index (χ3n) is 5.32. The molecule has 0 bridgehead atoms. The minimum Gasteiger partial charge on any atom is -0.481 e. The first-order valence-electron chi connectivity index (χ1n) is 8.59. The van der Waals surface area contributed by atoms with Gasteiger partial charge in [0.05, 0.1) is 5.92 Å². The van der Waals surface area contributed by atoms with E-state index in [1.54, 1.807) is 12.4 Å². The van der Waals surface area contributed by atoms with Crippen molar-refractivity contribution in [2.45, 2.75) is 13.5 Å². The van der Waals surface area contributed by atoms with Gasteiger partial charge in [0.2, 0.25) is 5.91 Å². The van der Waals surface area contributed by atoms with Gasteiger partial charge in [0, 0.05) is 49.7 Å². The Kier molecular flexibility index (Phi) is 3.96. The number of aryl methyl sites for hydroxylation is 1. The van der Waals surface area contributed by atoms with Crippen molar-refractivity contribution in [1.29, 1.82) is 0 Å². The number of likely N-dealkylation sites (tertiary alicyclic amines) is 1. The number of aliphatic carboxylic acids is 1. The van der Waals surface area contributed by atoms with E-state index in [4.69, 9.17) is 0 Å². The van der Waals surface area contributed by atoms with E-state index in [9.17, 15) is 14.7 Å². The van der Waals surface area contributed by atoms with Crippen LogP contribution >= 0.6 is 0 Å². The standard InChI is InChI=1S/C19H20N4O3/c1-12-3-2-4-14(5-12)16-20-6-13(7-21-16)8-23-9-15-17(24)22-10-19(15,11-23)18(25)26/h2-7,15H,8-11H2,1H3,(H,22,24)(H,25,26)/t15-,19+/m1/s1. The lowest BCUT2D eigenvalue weighted by molar-refractivity contribution is -0.149. The minimum absolute atomic E-state index is 0.166. The fourth-order valence-electron chi connectivity index (χ4n) is 3.93. The van der Waals surface area contributed by atoms with Gasteiger partial charge in [-0.3, -0.25) is 14.5 Å². The predicted molar refractivity (Wildman–Crippen MR) is 94.1 cm³/mol. The molecule has 2 N–H and O–H groups in total. The third kappa shape index (κ3) is 2.74. The topological polar surface area (TPSA) is 95.4 Å². The summed E-state index contributed by atoms with van der Waals surface area (Å²) in [6.45, 7) is 3.55. The van der Waals surface area contributed by atoms with Crippen LogP contribution in [0.15, 0.2) is 36.7 Å². The molecule has 1 amide bonds. The summed E-state index contributed by atoms with van der Waals surface area (Å²) in [6, 6.07) is 8.00. The maximum Gasteiger partial charge on any atom is 0.313 e. The van der Waals surface area contributed by atoms with E-state index in [0.717, 1.165) is 16.7 Å². The van der Waals surface area contributed by atoms with Gasteiger partial charge in [0.25, 0.3) is 0 Å². The van der Waals surface area contributed by atoms with Gasteiger partial charge in [-0.05, 0) is 13.0 Å². The number of carboxylic acid groups (broad SMARTS) is 1. The fourth-order valence-corrected chi connectivity index (χ4v) is 3.93. The van der Waals surface area contributed by atoms with Crippen LogP contribution in [0.25, 0.3) is 11.4 Å². The highest BCUT2D eigenvalue weighted by Crippen LogP contribution is 2.40. The van der Waals surface area contributed by atoms with Gasteiger partial charge in [-0.1, -0.05) is 23.8 Å². The summed E-state index contributed by atoms with van der Waals surface area (Å²) >= 11 is 0. The monoisotopic (exact) mass is 352 g/mol. The normalized spacial score (nSPS) is 25.1. The number of fused-ring (bicyclic) bond motifs is 1. The van der Waals surface area contributed by atoms with E-state index in [1.165, 1.54) is 0 Å². The fraction of sp³-hybridized carbons (Fsp3) is 0.368. The molecule has 0 radical (unpaired) electrons. The first-order chi connectivity index (χ1) is 12.5. The summed E-state index contributed by atoms with van der Waals surface area (Å²) < 4.78 is 0. The molecule has 3 heterocycles. The van der Waals surface area contributed by atoms with Gasteiger partial charge in [0.15, 0.2) is 5.82 Å². The summed E-state index contributed by atoms with van der Waals surface area (Å²) in [6.07, 6.45) is 3.54. The second-order valence-corrected chi connectivity index (χ2v) is 7.19. The Hall–Kier alpha value is -2.80. The molecule has 2 fully saturated rings. The Bertz CT molecular complexity index is 867. The Labute approximate surface area is 151 Å². The molecule has 2 atom stereocenters. The quantitative estimate of drug-likeness (QED) is 0.855. The zero-order chi connectivity index (χ0) is 18.3. The highest BCUT2D eigenvalue weighted by atomic mass is 16.4. The van der Waals surface area contributed by atoms with Crippen LogP contribution in [0.2, 0.25) is 0 Å². The number of nitrogens with one attached hydrogen (secondary N) is 1. The molecule has 26 heavy (non-hydrogen) atoms. The maximum absolute atomic E-state index is 12.0. The number of hydrogen-bond donors (Lipinski definition) is 2. The minimum atomic E-state index is -1.01. The molecule has 2 aliphatic rings. The number of carbonyl (C=O) groups is 2. The van der Waals surface area contributed by atoms with E-state index in [-0.39, 0.29) is 12.5 Å². The number of hydrogen-bond acceptors (Lipinski definition) is 5. The zero-order valence-electron chi connectivity index (χ0n) is 14.5. The Morgan fingerprint density at radius 1 is 1.38 bits per heavy atom. The predicted octanol–water partition coefficient (Wildman–Crippen LogP) is 1.08. The molecule has 0 aliphatic carbocycles. The number of amides is 1. The number of carboxylic acids is 1. The first kappa shape index (κ1) is 16.7. The van der Waals surface area contributed by atoms with Crippen molar-refractivity contribution >= 4 is 11.9 Å². The van der Waals surface area contributed by atoms with Crippen LogP contribution < -0.4 is 5.32 Å². The van der Waals surface area contributed by atoms with Crippen LogP contribution in [0, 0.1) is 18.3 Å². The molecule has 1 aromatic heterocycles. The third-order valence-corrected chi connectivity index (χ3v) is 5.32. The van der Waals surface area contributed by atoms with Crippen LogP contribution in [0.3, 0.4) is 0 Å². The maximum atomic E-state index is 12.0. The second kappa shape index (κ2) is 6.17. The molecule has 0 spiro atoms. The van der Waals surface area contributed by atoms with Crippen LogP contribution in [0.5, 0.6) is 0 Å². The van der Waals surface area contributed by atoms with Gasteiger partial charge in [0.1, 0.15) is 5.41 Å². The van der Waals surface area contributed by atoms with Crippen molar-refractivity contribution in [2.24, 2.45) is 11.3 Å². The van der Waals surface area contributed by atoms with Crippen LogP contribution in [-0.2, 0) is 16.1 Å². The molecule has 0 unspecified atom stereocenters. The van der Waals surface area contributed by atoms with E-state index in [2.05, 4.69) is 15.3 Å². The lowest BCUT2D eigenvalue weighted by atomic mass is 9.81. The Morgan fingerprint density at radius 2 is 2.15 bits per heavy atom. The van der Waals surface area contributed by atoms with E-state index in [0.29, 0.717) is 25.5 Å². The number of aromatic nitrogens is 2. The molecule has 1 aromatic carbocycles. The molecular formula is C19H20N4O3. The smallest absolute Gasteiger partial charge is 0.313 e. The lowest BCUT2D eigenvalue weighted by Crippen LogP contribution is -2.40. The molecule has 0 saturated carbocycles. The van der Waals surface area contributed by atoms with E-state index >= 15 is 0 Å². The van der Waals surface area contributed by atoms with E-state index < -0.39 is 17.3 Å². The van der Waals surface area contributed by atoms with Crippen LogP contribution in [0.1, 0.15) is 11.1 Å². The SMILES string of the molecule is Cc1cccc(-c2ncc(CN3C[C@@H]4C(=O)NC[C@]4(C(=O)O)C3)cn2)c1. The average Bonchev–Trinajstić information content (AvgIpc) is 3.14. The highest BCUT2D eigenvalue weighted by molar-refractivity contribution is 5.92. The molecule has 2 aliphatic heterocycles. The van der Waals surface area contributed by atoms with E-state index in [1.807, 2.05) is 36.1 Å². The highest BCUT2D eigenvalue weighted by Gasteiger charge is 2.59. The number of carbonyl (C=O) groups excluding carboxylic acids is 1. The van der Waals surface area contributed by atoms with Crippen molar-refractivity contribution in [1.82, 2.24) is 20.2 Å². The van der Waals surface area contributed by atoms with Gasteiger partial charge in [-0.15, -0.1) is 0 Å². The molecule has 4 rings (SSSR count). The first-order valence-corrected chi connectivity index (χ1v) is 8.59. The summed E-state index contributed by atoms with van der Waals surface area (Å²) in [7, 11) is 0. The number of nitrogens with zero attached hydrogens (tertiary/aromatic N) is 3. The van der Waals surface area contributed by atoms with Crippen molar-refractivity contribution in [3.8, 4) is 11.4 Å². The molecular weight excluding hydrogens is 332 g/mol. The van der Waals surface area contributed by atoms with Crippen molar-refractivity contribution in [3.05, 3.63) is 47.8 Å². The van der Waals surface area contributed by atoms with Crippen molar-refractivity contribution < 1.29 is 14.7 Å². The Balaban J connectivity index is 1.49. The molecule has 134 valence electrons. The Morgan fingerprint density at radius 3 is 2.81 bits per heavy atom. The largest absolute Gasteiger partial charge is 0.481 e. The number of benzene rings is 1. The summed E-state index contributed by atoms with van der Waals surface area (Å²) in [4.78, 5) is 34.6. The lowest BCUT2D eigenvalue weighted by Gasteiger charge is -2.21. The van der Waals surface area contributed by atoms with Crippen LogP contribution in [-0.4, -0.2) is 51.5 Å². The molecule has 2 aromatic rings.